The summed E-state index contributed by atoms with van der Waals surface area (Å²) in [6, 6.07) is 16.3. The molecule has 0 unspecified atom stereocenters. The maximum absolute atomic E-state index is 12.9. The molecular formula is C24H26N4O4. The summed E-state index contributed by atoms with van der Waals surface area (Å²) < 4.78 is 0. The first-order chi connectivity index (χ1) is 15.5. The summed E-state index contributed by atoms with van der Waals surface area (Å²) >= 11 is 0. The van der Waals surface area contributed by atoms with Crippen molar-refractivity contribution < 1.29 is 19.2 Å². The van der Waals surface area contributed by atoms with Crippen LogP contribution in [0.4, 0.5) is 10.5 Å². The minimum Gasteiger partial charge on any atom is -0.352 e. The molecule has 8 nitrogen and oxygen atoms in total. The first-order valence-electron chi connectivity index (χ1n) is 10.8. The molecule has 4 rings (SSSR count). The fourth-order valence-electron chi connectivity index (χ4n) is 4.34. The van der Waals surface area contributed by atoms with Crippen LogP contribution in [-0.4, -0.2) is 35.8 Å². The maximum Gasteiger partial charge on any atom is 0.322 e. The van der Waals surface area contributed by atoms with Gasteiger partial charge in [-0.15, -0.1) is 0 Å². The Morgan fingerprint density at radius 2 is 1.66 bits per heavy atom. The topological polar surface area (TPSA) is 116 Å². The Bertz CT molecular complexity index is 1030. The molecule has 0 aromatic heterocycles. The summed E-state index contributed by atoms with van der Waals surface area (Å²) in [4.78, 5) is 49.1. The van der Waals surface area contributed by atoms with Gasteiger partial charge < -0.3 is 16.0 Å². The average molecular weight is 434 g/mol. The van der Waals surface area contributed by atoms with E-state index >= 15 is 0 Å². The van der Waals surface area contributed by atoms with Gasteiger partial charge in [0.25, 0.3) is 11.8 Å². The molecule has 1 saturated carbocycles. The Balaban J connectivity index is 1.33. The molecule has 32 heavy (non-hydrogen) atoms. The number of urea groups is 1. The third kappa shape index (κ3) is 4.64. The van der Waals surface area contributed by atoms with E-state index in [1.807, 2.05) is 30.3 Å². The number of hydrogen-bond acceptors (Lipinski definition) is 4. The van der Waals surface area contributed by atoms with Crippen LogP contribution >= 0.6 is 0 Å². The van der Waals surface area contributed by atoms with Crippen LogP contribution in [0.3, 0.4) is 0 Å². The minimum absolute atomic E-state index is 0.186. The van der Waals surface area contributed by atoms with Gasteiger partial charge in [0, 0.05) is 12.5 Å². The first-order valence-corrected chi connectivity index (χ1v) is 10.8. The summed E-state index contributed by atoms with van der Waals surface area (Å²) in [7, 11) is 0. The summed E-state index contributed by atoms with van der Waals surface area (Å²) in [6.45, 7) is 0.490. The maximum atomic E-state index is 12.9. The van der Waals surface area contributed by atoms with Gasteiger partial charge in [-0.3, -0.25) is 19.7 Å². The monoisotopic (exact) mass is 434 g/mol. The normalized spacial score (nSPS) is 22.2. The van der Waals surface area contributed by atoms with Crippen molar-refractivity contribution in [2.45, 2.75) is 37.6 Å². The lowest BCUT2D eigenvalue weighted by molar-refractivity contribution is -0.128. The number of carbonyl (C=O) groups excluding carboxylic acids is 4. The van der Waals surface area contributed by atoms with Gasteiger partial charge in [-0.05, 0) is 49.8 Å². The molecule has 0 bridgehead atoms. The van der Waals surface area contributed by atoms with Crippen molar-refractivity contribution in [2.75, 3.05) is 11.9 Å². The molecule has 2 fully saturated rings. The molecule has 0 atom stereocenters. The van der Waals surface area contributed by atoms with Gasteiger partial charge in [0.05, 0.1) is 11.3 Å². The minimum atomic E-state index is -0.898. The largest absolute Gasteiger partial charge is 0.352 e. The highest BCUT2D eigenvalue weighted by molar-refractivity contribution is 6.07. The number of amides is 5. The first kappa shape index (κ1) is 21.5. The van der Waals surface area contributed by atoms with E-state index in [1.165, 1.54) is 0 Å². The van der Waals surface area contributed by atoms with Crippen LogP contribution in [0.5, 0.6) is 0 Å². The van der Waals surface area contributed by atoms with Gasteiger partial charge in [0.2, 0.25) is 5.91 Å². The molecule has 4 N–H and O–H groups in total. The fourth-order valence-corrected chi connectivity index (χ4v) is 4.34. The van der Waals surface area contributed by atoms with Crippen LogP contribution in [0.15, 0.2) is 54.6 Å². The number of benzene rings is 2. The van der Waals surface area contributed by atoms with E-state index in [-0.39, 0.29) is 23.6 Å². The van der Waals surface area contributed by atoms with Crippen LogP contribution in [0.25, 0.3) is 0 Å². The number of hydrogen-bond donors (Lipinski definition) is 4. The lowest BCUT2D eigenvalue weighted by atomic mass is 9.76. The van der Waals surface area contributed by atoms with Crippen molar-refractivity contribution in [3.63, 3.8) is 0 Å². The lowest BCUT2D eigenvalue weighted by Crippen LogP contribution is -2.50. The predicted octanol–water partition coefficient (Wildman–Crippen LogP) is 2.37. The standard InChI is InChI=1S/C24H26N4O4/c29-20(17-10-13-24(14-11-17)22(31)27-23(32)28-24)26-19-9-5-4-8-18(19)21(30)25-15-12-16-6-2-1-3-7-16/h1-9,17H,10-15H2,(H,25,30)(H,26,29)(H2,27,28,31,32). The van der Waals surface area contributed by atoms with Gasteiger partial charge in [-0.25, -0.2) is 4.79 Å². The number of nitrogens with one attached hydrogen (secondary N) is 4. The smallest absolute Gasteiger partial charge is 0.322 e. The number of para-hydroxylation sites is 1. The molecule has 1 heterocycles. The molecule has 1 aliphatic heterocycles. The van der Waals surface area contributed by atoms with Crippen LogP contribution < -0.4 is 21.3 Å². The van der Waals surface area contributed by atoms with Crippen molar-refractivity contribution in [3.8, 4) is 0 Å². The van der Waals surface area contributed by atoms with Crippen LogP contribution in [0, 0.1) is 5.92 Å². The molecule has 8 heteroatoms. The molecule has 1 spiro atoms. The van der Waals surface area contributed by atoms with Gasteiger partial charge >= 0.3 is 6.03 Å². The van der Waals surface area contributed by atoms with E-state index in [0.717, 1.165) is 12.0 Å². The molecule has 2 aliphatic rings. The SMILES string of the molecule is O=C1NC(=O)C2(CCC(C(=O)Nc3ccccc3C(=O)NCCc3ccccc3)CC2)N1. The van der Waals surface area contributed by atoms with Crippen LogP contribution in [0.2, 0.25) is 0 Å². The number of imide groups is 1. The van der Waals surface area contributed by atoms with Gasteiger partial charge in [-0.1, -0.05) is 42.5 Å². The van der Waals surface area contributed by atoms with Crippen LogP contribution in [0.1, 0.15) is 41.6 Å². The van der Waals surface area contributed by atoms with Crippen molar-refractivity contribution in [1.82, 2.24) is 16.0 Å². The molecule has 5 amide bonds. The molecule has 166 valence electrons. The van der Waals surface area contributed by atoms with E-state index < -0.39 is 11.6 Å². The molecule has 2 aromatic rings. The average Bonchev–Trinajstić information content (AvgIpc) is 3.07. The zero-order chi connectivity index (χ0) is 22.6. The summed E-state index contributed by atoms with van der Waals surface area (Å²) in [5.74, 6) is -1.04. The van der Waals surface area contributed by atoms with E-state index in [2.05, 4.69) is 21.3 Å². The molecule has 0 radical (unpaired) electrons. The van der Waals surface area contributed by atoms with E-state index in [0.29, 0.717) is 43.5 Å². The predicted molar refractivity (Wildman–Crippen MR) is 119 cm³/mol. The zero-order valence-corrected chi connectivity index (χ0v) is 17.6. The Morgan fingerprint density at radius 3 is 2.34 bits per heavy atom. The summed E-state index contributed by atoms with van der Waals surface area (Å²) in [5, 5.41) is 10.8. The molecule has 1 saturated heterocycles. The molecule has 1 aliphatic carbocycles. The van der Waals surface area contributed by atoms with Gasteiger partial charge in [0.1, 0.15) is 5.54 Å². The summed E-state index contributed by atoms with van der Waals surface area (Å²) in [6.07, 6.45) is 2.49. The highest BCUT2D eigenvalue weighted by Crippen LogP contribution is 2.35. The highest BCUT2D eigenvalue weighted by Gasteiger charge is 2.48. The van der Waals surface area contributed by atoms with Crippen molar-refractivity contribution in [1.29, 1.82) is 0 Å². The van der Waals surface area contributed by atoms with Gasteiger partial charge in [0.15, 0.2) is 0 Å². The van der Waals surface area contributed by atoms with E-state index in [1.54, 1.807) is 24.3 Å². The number of anilines is 1. The lowest BCUT2D eigenvalue weighted by Gasteiger charge is -2.33. The third-order valence-corrected chi connectivity index (χ3v) is 6.20. The Labute approximate surface area is 186 Å². The summed E-state index contributed by atoms with van der Waals surface area (Å²) in [5.41, 5.74) is 1.10. The van der Waals surface area contributed by atoms with Crippen LogP contribution in [-0.2, 0) is 16.0 Å². The Morgan fingerprint density at radius 1 is 0.969 bits per heavy atom. The molecule has 2 aromatic carbocycles. The Hall–Kier alpha value is -3.68. The van der Waals surface area contributed by atoms with Crippen molar-refractivity contribution in [3.05, 3.63) is 65.7 Å². The quantitative estimate of drug-likeness (QED) is 0.522. The second-order valence-electron chi connectivity index (χ2n) is 8.29. The van der Waals surface area contributed by atoms with Crippen molar-refractivity contribution in [2.24, 2.45) is 5.92 Å². The number of rotatable bonds is 6. The second kappa shape index (κ2) is 9.21. The fraction of sp³-hybridized carbons (Fsp3) is 0.333. The third-order valence-electron chi connectivity index (χ3n) is 6.20. The Kier molecular flexibility index (Phi) is 6.20. The van der Waals surface area contributed by atoms with Gasteiger partial charge in [-0.2, -0.15) is 0 Å². The highest BCUT2D eigenvalue weighted by atomic mass is 16.2. The molecular weight excluding hydrogens is 408 g/mol. The zero-order valence-electron chi connectivity index (χ0n) is 17.6. The second-order valence-corrected chi connectivity index (χ2v) is 8.29. The van der Waals surface area contributed by atoms with Crippen molar-refractivity contribution >= 4 is 29.4 Å². The van der Waals surface area contributed by atoms with E-state index in [4.69, 9.17) is 0 Å². The number of carbonyl (C=O) groups is 4. The van der Waals surface area contributed by atoms with E-state index in [9.17, 15) is 19.2 Å².